The molecular formula is C24H32N2O. The molecule has 0 saturated heterocycles. The van der Waals surface area contributed by atoms with Gasteiger partial charge >= 0.3 is 0 Å². The topological polar surface area (TPSA) is 46.0 Å². The molecule has 4 aliphatic rings. The van der Waals surface area contributed by atoms with Crippen LogP contribution in [0.25, 0.3) is 5.57 Å². The van der Waals surface area contributed by atoms with Crippen LogP contribution in [0.3, 0.4) is 0 Å². The fourth-order valence-electron chi connectivity index (χ4n) is 7.42. The fraction of sp³-hybridized carbons (Fsp3) is 0.667. The predicted octanol–water partition coefficient (Wildman–Crippen LogP) is 5.04. The van der Waals surface area contributed by atoms with Crippen LogP contribution < -0.4 is 0 Å². The molecule has 1 aromatic rings. The smallest absolute Gasteiger partial charge is 0.116 e. The summed E-state index contributed by atoms with van der Waals surface area (Å²) in [6.07, 6.45) is 15.2. The second kappa shape index (κ2) is 6.01. The number of allylic oxidation sites excluding steroid dienone is 3. The Hall–Kier alpha value is -1.48. The molecule has 2 saturated carbocycles. The number of hydrogen-bond acceptors (Lipinski definition) is 3. The van der Waals surface area contributed by atoms with Crippen LogP contribution >= 0.6 is 0 Å². The first kappa shape index (κ1) is 17.6. The number of fused-ring (bicyclic) bond motifs is 5. The zero-order valence-corrected chi connectivity index (χ0v) is 16.9. The third-order valence-corrected chi connectivity index (χ3v) is 8.85. The average Bonchev–Trinajstić information content (AvgIpc) is 3.01. The van der Waals surface area contributed by atoms with E-state index >= 15 is 0 Å². The summed E-state index contributed by atoms with van der Waals surface area (Å²) >= 11 is 0. The lowest BCUT2D eigenvalue weighted by Gasteiger charge is -2.59. The predicted molar refractivity (Wildman–Crippen MR) is 108 cm³/mol. The van der Waals surface area contributed by atoms with Gasteiger partial charge in [0.15, 0.2) is 0 Å². The molecule has 1 N–H and O–H groups in total. The fourth-order valence-corrected chi connectivity index (χ4v) is 7.42. The molecule has 27 heavy (non-hydrogen) atoms. The Kier molecular flexibility index (Phi) is 3.92. The minimum Gasteiger partial charge on any atom is -0.393 e. The molecule has 0 amide bonds. The summed E-state index contributed by atoms with van der Waals surface area (Å²) in [5.41, 5.74) is 4.68. The summed E-state index contributed by atoms with van der Waals surface area (Å²) in [5, 5.41) is 10.2. The van der Waals surface area contributed by atoms with Gasteiger partial charge in [0.1, 0.15) is 6.33 Å². The van der Waals surface area contributed by atoms with Crippen LogP contribution in [0.1, 0.15) is 65.0 Å². The third-order valence-electron chi connectivity index (χ3n) is 8.85. The van der Waals surface area contributed by atoms with E-state index in [0.29, 0.717) is 17.3 Å². The molecule has 4 aliphatic carbocycles. The second-order valence-corrected chi connectivity index (χ2v) is 10.1. The minimum absolute atomic E-state index is 0.126. The summed E-state index contributed by atoms with van der Waals surface area (Å²) < 4.78 is 0. The van der Waals surface area contributed by atoms with Crippen molar-refractivity contribution in [3.63, 3.8) is 0 Å². The van der Waals surface area contributed by atoms with Crippen LogP contribution in [-0.4, -0.2) is 21.2 Å². The first-order valence-electron chi connectivity index (χ1n) is 10.8. The van der Waals surface area contributed by atoms with E-state index in [4.69, 9.17) is 0 Å². The molecule has 2 fully saturated rings. The normalized spacial score (nSPS) is 46.0. The Balaban J connectivity index is 1.52. The van der Waals surface area contributed by atoms with E-state index in [1.807, 2.05) is 6.20 Å². The van der Waals surface area contributed by atoms with E-state index in [9.17, 15) is 5.11 Å². The molecule has 0 bridgehead atoms. The summed E-state index contributed by atoms with van der Waals surface area (Å²) in [5.74, 6) is 2.81. The van der Waals surface area contributed by atoms with Gasteiger partial charge in [0.25, 0.3) is 0 Å². The highest BCUT2D eigenvalue weighted by molar-refractivity contribution is 5.70. The van der Waals surface area contributed by atoms with Crippen molar-refractivity contribution in [3.05, 3.63) is 42.0 Å². The molecular weight excluding hydrogens is 332 g/mol. The molecule has 0 aromatic carbocycles. The van der Waals surface area contributed by atoms with E-state index in [-0.39, 0.29) is 11.5 Å². The van der Waals surface area contributed by atoms with Gasteiger partial charge in [0, 0.05) is 6.20 Å². The molecule has 5 rings (SSSR count). The second-order valence-electron chi connectivity index (χ2n) is 10.1. The van der Waals surface area contributed by atoms with Crippen LogP contribution in [0.2, 0.25) is 0 Å². The Morgan fingerprint density at radius 3 is 2.70 bits per heavy atom. The van der Waals surface area contributed by atoms with Crippen LogP contribution in [0.4, 0.5) is 0 Å². The van der Waals surface area contributed by atoms with Gasteiger partial charge in [-0.3, -0.25) is 0 Å². The average molecular weight is 365 g/mol. The maximum absolute atomic E-state index is 10.2. The highest BCUT2D eigenvalue weighted by Crippen LogP contribution is 2.67. The summed E-state index contributed by atoms with van der Waals surface area (Å²) in [4.78, 5) is 8.70. The summed E-state index contributed by atoms with van der Waals surface area (Å²) in [7, 11) is 0. The lowest BCUT2D eigenvalue weighted by molar-refractivity contribution is -0.0426. The SMILES string of the molecule is C[C@@H]1C=C2C[C@H](O)CC[C@]2(C)[C@H]2CC[C@]3(C)C(c4ccncn4)=CC[C@H]3[C@H]12. The molecule has 3 heteroatoms. The van der Waals surface area contributed by atoms with E-state index in [0.717, 1.165) is 36.8 Å². The highest BCUT2D eigenvalue weighted by Gasteiger charge is 2.58. The third kappa shape index (κ3) is 2.43. The zero-order chi connectivity index (χ0) is 18.8. The Morgan fingerprint density at radius 2 is 1.93 bits per heavy atom. The van der Waals surface area contributed by atoms with Crippen molar-refractivity contribution < 1.29 is 5.11 Å². The Bertz CT molecular complexity index is 800. The number of hydrogen-bond donors (Lipinski definition) is 1. The van der Waals surface area contributed by atoms with Gasteiger partial charge in [0.05, 0.1) is 11.8 Å². The zero-order valence-electron chi connectivity index (χ0n) is 16.9. The molecule has 0 aliphatic heterocycles. The van der Waals surface area contributed by atoms with E-state index < -0.39 is 0 Å². The van der Waals surface area contributed by atoms with Gasteiger partial charge in [-0.2, -0.15) is 0 Å². The molecule has 1 heterocycles. The molecule has 0 spiro atoms. The monoisotopic (exact) mass is 364 g/mol. The van der Waals surface area contributed by atoms with Crippen molar-refractivity contribution in [1.82, 2.24) is 9.97 Å². The lowest BCUT2D eigenvalue weighted by atomic mass is 9.45. The molecule has 0 radical (unpaired) electrons. The van der Waals surface area contributed by atoms with Crippen molar-refractivity contribution in [2.45, 2.75) is 65.4 Å². The van der Waals surface area contributed by atoms with Crippen molar-refractivity contribution in [2.75, 3.05) is 0 Å². The number of aliphatic hydroxyl groups is 1. The van der Waals surface area contributed by atoms with Crippen LogP contribution in [0.15, 0.2) is 36.3 Å². The number of rotatable bonds is 1. The molecule has 0 unspecified atom stereocenters. The van der Waals surface area contributed by atoms with Gasteiger partial charge in [0.2, 0.25) is 0 Å². The van der Waals surface area contributed by atoms with E-state index in [1.54, 1.807) is 11.9 Å². The standard InChI is InChI=1S/C24H32N2O/c1-15-12-16-13-17(27)6-9-23(16,2)20-7-10-24(3)18(4-5-19(24)22(15)20)21-8-11-25-14-26-21/h4,8,11-12,14-15,17,19-20,22,27H,5-7,9-10,13H2,1-3H3/t15-,17-,19+,20+,22+,23+,24-/m1/s1. The van der Waals surface area contributed by atoms with Crippen LogP contribution in [0, 0.1) is 34.5 Å². The summed E-state index contributed by atoms with van der Waals surface area (Å²) in [6.45, 7) is 7.43. The van der Waals surface area contributed by atoms with Crippen LogP contribution in [0.5, 0.6) is 0 Å². The van der Waals surface area contributed by atoms with Crippen molar-refractivity contribution in [1.29, 1.82) is 0 Å². The van der Waals surface area contributed by atoms with Gasteiger partial charge in [-0.05, 0) is 84.7 Å². The molecule has 1 aromatic heterocycles. The molecule has 144 valence electrons. The number of nitrogens with zero attached hydrogens (tertiary/aromatic N) is 2. The van der Waals surface area contributed by atoms with Crippen molar-refractivity contribution >= 4 is 5.57 Å². The van der Waals surface area contributed by atoms with Crippen LogP contribution in [-0.2, 0) is 0 Å². The van der Waals surface area contributed by atoms with E-state index in [2.05, 4.69) is 49.0 Å². The Morgan fingerprint density at radius 1 is 1.11 bits per heavy atom. The van der Waals surface area contributed by atoms with Gasteiger partial charge in [-0.15, -0.1) is 0 Å². The van der Waals surface area contributed by atoms with Crippen molar-refractivity contribution in [3.8, 4) is 0 Å². The minimum atomic E-state index is -0.126. The lowest BCUT2D eigenvalue weighted by Crippen LogP contribution is -2.52. The maximum atomic E-state index is 10.2. The van der Waals surface area contributed by atoms with Gasteiger partial charge in [-0.1, -0.05) is 38.5 Å². The highest BCUT2D eigenvalue weighted by atomic mass is 16.3. The maximum Gasteiger partial charge on any atom is 0.116 e. The quantitative estimate of drug-likeness (QED) is 0.710. The van der Waals surface area contributed by atoms with E-state index in [1.165, 1.54) is 24.8 Å². The van der Waals surface area contributed by atoms with Gasteiger partial charge < -0.3 is 5.11 Å². The first-order valence-corrected chi connectivity index (χ1v) is 10.8. The Labute approximate surface area is 163 Å². The van der Waals surface area contributed by atoms with Crippen molar-refractivity contribution in [2.24, 2.45) is 34.5 Å². The largest absolute Gasteiger partial charge is 0.393 e. The first-order chi connectivity index (χ1) is 12.9. The molecule has 7 atom stereocenters. The molecule has 3 nitrogen and oxygen atoms in total. The number of aromatic nitrogens is 2. The number of aliphatic hydroxyl groups excluding tert-OH is 1. The van der Waals surface area contributed by atoms with Gasteiger partial charge in [-0.25, -0.2) is 9.97 Å². The summed E-state index contributed by atoms with van der Waals surface area (Å²) in [6, 6.07) is 2.08.